The van der Waals surface area contributed by atoms with Crippen molar-refractivity contribution in [2.75, 3.05) is 32.9 Å². The fourth-order valence-corrected chi connectivity index (χ4v) is 2.14. The Kier molecular flexibility index (Phi) is 8.72. The van der Waals surface area contributed by atoms with Crippen molar-refractivity contribution in [3.05, 3.63) is 0 Å². The number of ether oxygens (including phenoxy) is 2. The van der Waals surface area contributed by atoms with Gasteiger partial charge in [-0.25, -0.2) is 0 Å². The molecule has 6 heteroatoms. The van der Waals surface area contributed by atoms with Crippen LogP contribution in [0.1, 0.15) is 32.1 Å². The number of nitrogens with one attached hydrogen (secondary N) is 1. The van der Waals surface area contributed by atoms with Gasteiger partial charge in [0.05, 0.1) is 12.7 Å². The summed E-state index contributed by atoms with van der Waals surface area (Å²) in [6.45, 7) is 4.06. The van der Waals surface area contributed by atoms with Gasteiger partial charge < -0.3 is 20.5 Å². The maximum Gasteiger partial charge on any atom is 0.188 e. The molecular formula is C13H26IN3O2. The number of hydrogen-bond acceptors (Lipinski definition) is 3. The molecule has 1 saturated heterocycles. The van der Waals surface area contributed by atoms with Crippen molar-refractivity contribution in [2.45, 2.75) is 38.2 Å². The molecule has 1 unspecified atom stereocenters. The molecule has 112 valence electrons. The van der Waals surface area contributed by atoms with Crippen LogP contribution in [0.3, 0.4) is 0 Å². The van der Waals surface area contributed by atoms with E-state index in [0.29, 0.717) is 12.1 Å². The van der Waals surface area contributed by atoms with Gasteiger partial charge in [0.2, 0.25) is 0 Å². The molecule has 19 heavy (non-hydrogen) atoms. The van der Waals surface area contributed by atoms with Crippen LogP contribution >= 0.6 is 24.0 Å². The van der Waals surface area contributed by atoms with Crippen molar-refractivity contribution in [3.8, 4) is 0 Å². The fraction of sp³-hybridized carbons (Fsp3) is 0.923. The molecule has 1 aliphatic carbocycles. The lowest BCUT2D eigenvalue weighted by Gasteiger charge is -2.23. The fourth-order valence-electron chi connectivity index (χ4n) is 2.14. The van der Waals surface area contributed by atoms with Gasteiger partial charge in [0.1, 0.15) is 0 Å². The van der Waals surface area contributed by atoms with Gasteiger partial charge in [-0.1, -0.05) is 6.42 Å². The van der Waals surface area contributed by atoms with Crippen LogP contribution in [-0.2, 0) is 9.47 Å². The maximum atomic E-state index is 5.78. The summed E-state index contributed by atoms with van der Waals surface area (Å²) >= 11 is 0. The van der Waals surface area contributed by atoms with Crippen molar-refractivity contribution in [3.63, 3.8) is 0 Å². The summed E-state index contributed by atoms with van der Waals surface area (Å²) in [7, 11) is 0. The van der Waals surface area contributed by atoms with Gasteiger partial charge in [0, 0.05) is 26.3 Å². The summed E-state index contributed by atoms with van der Waals surface area (Å²) in [6, 6.07) is 0. The van der Waals surface area contributed by atoms with Gasteiger partial charge in [-0.05, 0) is 31.6 Å². The van der Waals surface area contributed by atoms with Gasteiger partial charge in [0.15, 0.2) is 5.96 Å². The first-order valence-corrected chi connectivity index (χ1v) is 7.08. The molecule has 0 aromatic rings. The van der Waals surface area contributed by atoms with E-state index in [-0.39, 0.29) is 24.0 Å². The quantitative estimate of drug-likeness (QED) is 0.303. The van der Waals surface area contributed by atoms with Crippen molar-refractivity contribution in [1.82, 2.24) is 5.32 Å². The lowest BCUT2D eigenvalue weighted by molar-refractivity contribution is 0.0420. The Bertz CT molecular complexity index is 267. The number of guanidine groups is 1. The number of hydrogen-bond donors (Lipinski definition) is 2. The van der Waals surface area contributed by atoms with Gasteiger partial charge in [-0.3, -0.25) is 4.99 Å². The number of rotatable bonds is 7. The highest BCUT2D eigenvalue weighted by atomic mass is 127. The van der Waals surface area contributed by atoms with Crippen LogP contribution in [0.5, 0.6) is 0 Å². The Hall–Kier alpha value is -0.0800. The van der Waals surface area contributed by atoms with Gasteiger partial charge in [-0.2, -0.15) is 0 Å². The molecule has 0 aromatic carbocycles. The molecule has 0 bridgehead atoms. The third-order valence-electron chi connectivity index (χ3n) is 3.61. The minimum atomic E-state index is 0. The maximum absolute atomic E-state index is 5.78. The Morgan fingerprint density at radius 2 is 2.21 bits per heavy atom. The predicted octanol–water partition coefficient (Wildman–Crippen LogP) is 1.50. The summed E-state index contributed by atoms with van der Waals surface area (Å²) in [5.74, 6) is 1.35. The van der Waals surface area contributed by atoms with E-state index in [0.717, 1.165) is 51.7 Å². The van der Waals surface area contributed by atoms with Crippen molar-refractivity contribution in [2.24, 2.45) is 16.6 Å². The standard InChI is InChI=1S/C13H25N3O2.HI/c14-13(16-9-11-3-1-4-11)15-6-2-7-18-12-5-8-17-10-12;/h11-12H,1-10H2,(H3,14,15,16);1H. The van der Waals surface area contributed by atoms with Crippen LogP contribution in [0, 0.1) is 5.92 Å². The van der Waals surface area contributed by atoms with Crippen molar-refractivity contribution >= 4 is 29.9 Å². The SMILES string of the molecule is I.NC(=NCC1CCC1)NCCCOC1CCOC1. The number of aliphatic imine (C=N–C) groups is 1. The van der Waals surface area contributed by atoms with E-state index in [9.17, 15) is 0 Å². The van der Waals surface area contributed by atoms with E-state index < -0.39 is 0 Å². The highest BCUT2D eigenvalue weighted by Crippen LogP contribution is 2.26. The average molecular weight is 383 g/mol. The van der Waals surface area contributed by atoms with Crippen LogP contribution in [0.4, 0.5) is 0 Å². The molecule has 2 fully saturated rings. The number of halogens is 1. The molecule has 5 nitrogen and oxygen atoms in total. The Labute approximate surface area is 132 Å². The molecule has 1 aliphatic heterocycles. The molecular weight excluding hydrogens is 357 g/mol. The monoisotopic (exact) mass is 383 g/mol. The van der Waals surface area contributed by atoms with E-state index in [1.54, 1.807) is 0 Å². The zero-order valence-corrected chi connectivity index (χ0v) is 13.8. The third kappa shape index (κ3) is 6.76. The second-order valence-corrected chi connectivity index (χ2v) is 5.16. The van der Waals surface area contributed by atoms with E-state index in [1.165, 1.54) is 19.3 Å². The smallest absolute Gasteiger partial charge is 0.188 e. The van der Waals surface area contributed by atoms with E-state index in [2.05, 4.69) is 10.3 Å². The Morgan fingerprint density at radius 3 is 2.84 bits per heavy atom. The minimum Gasteiger partial charge on any atom is -0.379 e. The first kappa shape index (κ1) is 17.0. The second-order valence-electron chi connectivity index (χ2n) is 5.16. The normalized spacial score (nSPS) is 23.8. The highest BCUT2D eigenvalue weighted by Gasteiger charge is 2.16. The molecule has 3 N–H and O–H groups in total. The topological polar surface area (TPSA) is 68.9 Å². The van der Waals surface area contributed by atoms with Gasteiger partial charge in [-0.15, -0.1) is 24.0 Å². The van der Waals surface area contributed by atoms with E-state index >= 15 is 0 Å². The number of nitrogens with zero attached hydrogens (tertiary/aromatic N) is 1. The molecule has 0 radical (unpaired) electrons. The lowest BCUT2D eigenvalue weighted by atomic mass is 9.86. The summed E-state index contributed by atoms with van der Waals surface area (Å²) in [5, 5.41) is 3.13. The first-order valence-electron chi connectivity index (χ1n) is 7.08. The summed E-state index contributed by atoms with van der Waals surface area (Å²) in [6.07, 6.45) is 6.27. The van der Waals surface area contributed by atoms with E-state index in [1.807, 2.05) is 0 Å². The Balaban J connectivity index is 0.00000180. The van der Waals surface area contributed by atoms with Crippen LogP contribution in [-0.4, -0.2) is 45.0 Å². The minimum absolute atomic E-state index is 0. The number of nitrogens with two attached hydrogens (primary N) is 1. The van der Waals surface area contributed by atoms with Gasteiger partial charge >= 0.3 is 0 Å². The molecule has 1 atom stereocenters. The predicted molar refractivity (Wildman–Crippen MR) is 87.0 cm³/mol. The first-order chi connectivity index (χ1) is 8.84. The molecule has 1 heterocycles. The molecule has 0 spiro atoms. The zero-order chi connectivity index (χ0) is 12.6. The third-order valence-corrected chi connectivity index (χ3v) is 3.61. The largest absolute Gasteiger partial charge is 0.379 e. The molecule has 2 aliphatic rings. The van der Waals surface area contributed by atoms with Crippen LogP contribution in [0.25, 0.3) is 0 Å². The molecule has 0 aromatic heterocycles. The van der Waals surface area contributed by atoms with Gasteiger partial charge in [0.25, 0.3) is 0 Å². The van der Waals surface area contributed by atoms with E-state index in [4.69, 9.17) is 15.2 Å². The molecule has 2 rings (SSSR count). The van der Waals surface area contributed by atoms with Crippen LogP contribution < -0.4 is 11.1 Å². The average Bonchev–Trinajstić information content (AvgIpc) is 2.79. The Morgan fingerprint density at radius 1 is 1.37 bits per heavy atom. The van der Waals surface area contributed by atoms with Crippen molar-refractivity contribution < 1.29 is 9.47 Å². The zero-order valence-electron chi connectivity index (χ0n) is 11.5. The summed E-state index contributed by atoms with van der Waals surface area (Å²) in [4.78, 5) is 4.34. The molecule has 0 amide bonds. The molecule has 1 saturated carbocycles. The van der Waals surface area contributed by atoms with Crippen LogP contribution in [0.15, 0.2) is 4.99 Å². The summed E-state index contributed by atoms with van der Waals surface area (Å²) < 4.78 is 10.9. The van der Waals surface area contributed by atoms with Crippen LogP contribution in [0.2, 0.25) is 0 Å². The summed E-state index contributed by atoms with van der Waals surface area (Å²) in [5.41, 5.74) is 5.78. The second kappa shape index (κ2) is 9.77. The lowest BCUT2D eigenvalue weighted by Crippen LogP contribution is -2.34. The highest BCUT2D eigenvalue weighted by molar-refractivity contribution is 14.0. The van der Waals surface area contributed by atoms with Crippen molar-refractivity contribution in [1.29, 1.82) is 0 Å².